The van der Waals surface area contributed by atoms with E-state index < -0.39 is 0 Å². The molecule has 0 aliphatic rings. The topological polar surface area (TPSA) is 9.23 Å². The molecule has 0 aliphatic heterocycles. The van der Waals surface area contributed by atoms with Crippen molar-refractivity contribution in [2.24, 2.45) is 0 Å². The second-order valence-electron chi connectivity index (χ2n) is 4.80. The van der Waals surface area contributed by atoms with E-state index in [0.29, 0.717) is 0 Å². The summed E-state index contributed by atoms with van der Waals surface area (Å²) in [7, 11) is 1.71. The molecule has 106 valence electrons. The Labute approximate surface area is 130 Å². The van der Waals surface area contributed by atoms with E-state index in [1.807, 2.05) is 25.1 Å². The largest absolute Gasteiger partial charge is 0.384 e. The fraction of sp³-hybridized carbons (Fsp3) is 0.294. The molecule has 1 nitrogen and oxygen atoms in total. The molecule has 0 aliphatic carbocycles. The Morgan fingerprint density at radius 3 is 2.45 bits per heavy atom. The lowest BCUT2D eigenvalue weighted by Crippen LogP contribution is -1.98. The molecule has 20 heavy (non-hydrogen) atoms. The first-order chi connectivity index (χ1) is 9.63. The van der Waals surface area contributed by atoms with Crippen molar-refractivity contribution in [3.8, 4) is 0 Å². The van der Waals surface area contributed by atoms with Gasteiger partial charge in [0.2, 0.25) is 0 Å². The van der Waals surface area contributed by atoms with Gasteiger partial charge in [-0.2, -0.15) is 0 Å². The SMILES string of the molecule is COCCc1ccc(C(Cl)c2cccc(Cl)c2C)cc1. The molecule has 3 heteroatoms. The first-order valence-electron chi connectivity index (χ1n) is 6.60. The van der Waals surface area contributed by atoms with E-state index in [-0.39, 0.29) is 5.38 Å². The van der Waals surface area contributed by atoms with Crippen LogP contribution in [-0.2, 0) is 11.2 Å². The molecule has 0 radical (unpaired) electrons. The molecule has 0 heterocycles. The summed E-state index contributed by atoms with van der Waals surface area (Å²) in [5, 5.41) is 0.579. The molecule has 1 atom stereocenters. The number of halogens is 2. The normalized spacial score (nSPS) is 12.4. The fourth-order valence-corrected chi connectivity index (χ4v) is 2.72. The van der Waals surface area contributed by atoms with E-state index in [1.165, 1.54) is 5.56 Å². The quantitative estimate of drug-likeness (QED) is 0.693. The monoisotopic (exact) mass is 308 g/mol. The summed E-state index contributed by atoms with van der Waals surface area (Å²) in [5.41, 5.74) is 4.43. The van der Waals surface area contributed by atoms with Gasteiger partial charge in [-0.25, -0.2) is 0 Å². The molecule has 0 bridgehead atoms. The Kier molecular flexibility index (Phi) is 5.47. The number of benzene rings is 2. The minimum Gasteiger partial charge on any atom is -0.384 e. The maximum atomic E-state index is 6.58. The molecular weight excluding hydrogens is 291 g/mol. The van der Waals surface area contributed by atoms with Gasteiger partial charge in [0.25, 0.3) is 0 Å². The molecule has 2 aromatic rings. The lowest BCUT2D eigenvalue weighted by atomic mass is 9.99. The summed E-state index contributed by atoms with van der Waals surface area (Å²) >= 11 is 12.7. The number of rotatable bonds is 5. The average molecular weight is 309 g/mol. The number of alkyl halides is 1. The minimum atomic E-state index is -0.176. The summed E-state index contributed by atoms with van der Waals surface area (Å²) in [5.74, 6) is 0. The van der Waals surface area contributed by atoms with Gasteiger partial charge < -0.3 is 4.74 Å². The van der Waals surface area contributed by atoms with Gasteiger partial charge in [0, 0.05) is 12.1 Å². The van der Waals surface area contributed by atoms with Crippen LogP contribution in [0, 0.1) is 6.92 Å². The third-order valence-corrected chi connectivity index (χ3v) is 4.35. The van der Waals surface area contributed by atoms with Gasteiger partial charge >= 0.3 is 0 Å². The highest BCUT2D eigenvalue weighted by Crippen LogP contribution is 2.33. The van der Waals surface area contributed by atoms with Crippen molar-refractivity contribution >= 4 is 23.2 Å². The van der Waals surface area contributed by atoms with Gasteiger partial charge in [0.1, 0.15) is 0 Å². The Balaban J connectivity index is 2.20. The van der Waals surface area contributed by atoms with Crippen LogP contribution in [0.3, 0.4) is 0 Å². The van der Waals surface area contributed by atoms with Crippen LogP contribution in [0.4, 0.5) is 0 Å². The first-order valence-corrected chi connectivity index (χ1v) is 7.41. The molecule has 0 fully saturated rings. The van der Waals surface area contributed by atoms with E-state index in [9.17, 15) is 0 Å². The van der Waals surface area contributed by atoms with Gasteiger partial charge in [-0.1, -0.05) is 48.0 Å². The van der Waals surface area contributed by atoms with Crippen LogP contribution in [0.5, 0.6) is 0 Å². The van der Waals surface area contributed by atoms with Crippen molar-refractivity contribution in [2.45, 2.75) is 18.7 Å². The molecule has 2 aromatic carbocycles. The fourth-order valence-electron chi connectivity index (χ4n) is 2.15. The van der Waals surface area contributed by atoms with E-state index in [0.717, 1.165) is 34.7 Å². The molecule has 0 aromatic heterocycles. The van der Waals surface area contributed by atoms with Crippen molar-refractivity contribution in [3.05, 3.63) is 69.7 Å². The summed E-state index contributed by atoms with van der Waals surface area (Å²) in [6, 6.07) is 14.2. The highest BCUT2D eigenvalue weighted by atomic mass is 35.5. The molecule has 0 spiro atoms. The zero-order valence-electron chi connectivity index (χ0n) is 11.7. The van der Waals surface area contributed by atoms with E-state index in [2.05, 4.69) is 24.3 Å². The molecule has 0 saturated heterocycles. The first kappa shape index (κ1) is 15.4. The molecule has 0 N–H and O–H groups in total. The second kappa shape index (κ2) is 7.12. The van der Waals surface area contributed by atoms with Crippen LogP contribution in [0.25, 0.3) is 0 Å². The summed E-state index contributed by atoms with van der Waals surface area (Å²) in [4.78, 5) is 0. The Bertz CT molecular complexity index is 564. The third kappa shape index (κ3) is 3.54. The molecular formula is C17H18Cl2O. The number of hydrogen-bond donors (Lipinski definition) is 0. The lowest BCUT2D eigenvalue weighted by Gasteiger charge is -2.14. The highest BCUT2D eigenvalue weighted by Gasteiger charge is 2.14. The van der Waals surface area contributed by atoms with Crippen molar-refractivity contribution < 1.29 is 4.74 Å². The lowest BCUT2D eigenvalue weighted by molar-refractivity contribution is 0.202. The molecule has 0 amide bonds. The third-order valence-electron chi connectivity index (χ3n) is 3.45. The second-order valence-corrected chi connectivity index (χ2v) is 5.64. The zero-order chi connectivity index (χ0) is 14.5. The Morgan fingerprint density at radius 1 is 1.10 bits per heavy atom. The van der Waals surface area contributed by atoms with Gasteiger partial charge in [0.15, 0.2) is 0 Å². The van der Waals surface area contributed by atoms with Crippen LogP contribution in [0.15, 0.2) is 42.5 Å². The maximum Gasteiger partial charge on any atom is 0.0838 e. The van der Waals surface area contributed by atoms with Crippen LogP contribution >= 0.6 is 23.2 Å². The van der Waals surface area contributed by atoms with Crippen LogP contribution < -0.4 is 0 Å². The Hall–Kier alpha value is -1.02. The van der Waals surface area contributed by atoms with Crippen LogP contribution in [0.1, 0.15) is 27.6 Å². The van der Waals surface area contributed by atoms with Crippen molar-refractivity contribution in [1.29, 1.82) is 0 Å². The number of hydrogen-bond acceptors (Lipinski definition) is 1. The molecule has 2 rings (SSSR count). The number of methoxy groups -OCH3 is 1. The standard InChI is InChI=1S/C17H18Cl2O/c1-12-15(4-3-5-16(12)18)17(19)14-8-6-13(7-9-14)10-11-20-2/h3-9,17H,10-11H2,1-2H3. The van der Waals surface area contributed by atoms with E-state index in [4.69, 9.17) is 27.9 Å². The Morgan fingerprint density at radius 2 is 1.80 bits per heavy atom. The van der Waals surface area contributed by atoms with Gasteiger partial charge in [0.05, 0.1) is 12.0 Å². The molecule has 0 saturated carbocycles. The van der Waals surface area contributed by atoms with Crippen molar-refractivity contribution in [3.63, 3.8) is 0 Å². The predicted octanol–water partition coefficient (Wildman–Crippen LogP) is 5.17. The van der Waals surface area contributed by atoms with Crippen LogP contribution in [0.2, 0.25) is 5.02 Å². The predicted molar refractivity (Wildman–Crippen MR) is 85.9 cm³/mol. The zero-order valence-corrected chi connectivity index (χ0v) is 13.2. The number of ether oxygens (including phenoxy) is 1. The smallest absolute Gasteiger partial charge is 0.0838 e. The summed E-state index contributed by atoms with van der Waals surface area (Å²) < 4.78 is 5.08. The van der Waals surface area contributed by atoms with Crippen molar-refractivity contribution in [2.75, 3.05) is 13.7 Å². The van der Waals surface area contributed by atoms with Gasteiger partial charge in [-0.3, -0.25) is 0 Å². The average Bonchev–Trinajstić information content (AvgIpc) is 2.48. The van der Waals surface area contributed by atoms with Crippen molar-refractivity contribution in [1.82, 2.24) is 0 Å². The minimum absolute atomic E-state index is 0.176. The molecule has 1 unspecified atom stereocenters. The summed E-state index contributed by atoms with van der Waals surface area (Å²) in [6.45, 7) is 2.73. The maximum absolute atomic E-state index is 6.58. The van der Waals surface area contributed by atoms with E-state index >= 15 is 0 Å². The summed E-state index contributed by atoms with van der Waals surface area (Å²) in [6.07, 6.45) is 0.917. The van der Waals surface area contributed by atoms with Gasteiger partial charge in [-0.15, -0.1) is 11.6 Å². The van der Waals surface area contributed by atoms with Crippen LogP contribution in [-0.4, -0.2) is 13.7 Å². The highest BCUT2D eigenvalue weighted by molar-refractivity contribution is 6.31. The van der Waals surface area contributed by atoms with E-state index in [1.54, 1.807) is 7.11 Å². The van der Waals surface area contributed by atoms with Gasteiger partial charge in [-0.05, 0) is 41.7 Å².